The van der Waals surface area contributed by atoms with Gasteiger partial charge in [-0.25, -0.2) is 0 Å². The van der Waals surface area contributed by atoms with Crippen LogP contribution >= 0.6 is 0 Å². The molecule has 114 valence electrons. The quantitative estimate of drug-likeness (QED) is 0.458. The zero-order valence-corrected chi connectivity index (χ0v) is 13.5. The molecule has 0 radical (unpaired) electrons. The molecule has 0 fully saturated rings. The van der Waals surface area contributed by atoms with Crippen LogP contribution in [0.5, 0.6) is 5.75 Å². The van der Waals surface area contributed by atoms with Gasteiger partial charge >= 0.3 is 0 Å². The van der Waals surface area contributed by atoms with E-state index in [1.54, 1.807) is 0 Å². The Morgan fingerprint density at radius 2 is 1.35 bits per heavy atom. The molecule has 0 aromatic heterocycles. The van der Waals surface area contributed by atoms with Crippen LogP contribution in [0.1, 0.15) is 69.4 Å². The van der Waals surface area contributed by atoms with Gasteiger partial charge in [0.1, 0.15) is 5.75 Å². The monoisotopic (exact) mass is 277 g/mol. The summed E-state index contributed by atoms with van der Waals surface area (Å²) in [4.78, 5) is 0. The van der Waals surface area contributed by atoms with Crippen molar-refractivity contribution >= 4 is 5.69 Å². The first-order valence-corrected chi connectivity index (χ1v) is 8.14. The van der Waals surface area contributed by atoms with E-state index < -0.39 is 0 Å². The van der Waals surface area contributed by atoms with Crippen LogP contribution in [0.3, 0.4) is 0 Å². The van der Waals surface area contributed by atoms with Gasteiger partial charge in [-0.15, -0.1) is 0 Å². The highest BCUT2D eigenvalue weighted by atomic mass is 16.5. The summed E-state index contributed by atoms with van der Waals surface area (Å²) in [6.45, 7) is 7.21. The van der Waals surface area contributed by atoms with Gasteiger partial charge in [0.15, 0.2) is 0 Å². The van der Waals surface area contributed by atoms with Gasteiger partial charge in [0.25, 0.3) is 0 Å². The summed E-state index contributed by atoms with van der Waals surface area (Å²) in [5.74, 6) is 1.02. The molecular weight excluding hydrogens is 246 g/mol. The van der Waals surface area contributed by atoms with Crippen molar-refractivity contribution in [2.24, 2.45) is 0 Å². The fraction of sp³-hybridized carbons (Fsp3) is 0.667. The Balaban J connectivity index is 2.13. The van der Waals surface area contributed by atoms with E-state index in [0.29, 0.717) is 0 Å². The predicted molar refractivity (Wildman–Crippen MR) is 88.4 cm³/mol. The fourth-order valence-electron chi connectivity index (χ4n) is 2.62. The summed E-state index contributed by atoms with van der Waals surface area (Å²) in [6.07, 6.45) is 10.7. The number of aryl methyl sites for hydroxylation is 2. The van der Waals surface area contributed by atoms with E-state index in [-0.39, 0.29) is 0 Å². The van der Waals surface area contributed by atoms with Crippen LogP contribution in [0.2, 0.25) is 0 Å². The van der Waals surface area contributed by atoms with Crippen LogP contribution in [0.25, 0.3) is 0 Å². The summed E-state index contributed by atoms with van der Waals surface area (Å²) in [7, 11) is 0. The van der Waals surface area contributed by atoms with Crippen molar-refractivity contribution in [3.05, 3.63) is 23.3 Å². The van der Waals surface area contributed by atoms with E-state index in [9.17, 15) is 0 Å². The van der Waals surface area contributed by atoms with Crippen molar-refractivity contribution in [1.29, 1.82) is 0 Å². The minimum atomic E-state index is 0.819. The Morgan fingerprint density at radius 3 is 1.90 bits per heavy atom. The second kappa shape index (κ2) is 9.68. The third-order valence-corrected chi connectivity index (χ3v) is 3.73. The first-order valence-electron chi connectivity index (χ1n) is 8.14. The van der Waals surface area contributed by atoms with Crippen LogP contribution in [0.4, 0.5) is 5.69 Å². The summed E-state index contributed by atoms with van der Waals surface area (Å²) in [6, 6.07) is 3.96. The van der Waals surface area contributed by atoms with Crippen LogP contribution in [-0.2, 0) is 0 Å². The molecule has 0 bridgehead atoms. The molecule has 0 aliphatic heterocycles. The van der Waals surface area contributed by atoms with E-state index in [1.807, 2.05) is 12.1 Å². The van der Waals surface area contributed by atoms with E-state index in [2.05, 4.69) is 20.8 Å². The smallest absolute Gasteiger partial charge is 0.125 e. The average Bonchev–Trinajstić information content (AvgIpc) is 2.39. The Labute approximate surface area is 124 Å². The third kappa shape index (κ3) is 6.31. The van der Waals surface area contributed by atoms with Crippen LogP contribution in [-0.4, -0.2) is 6.61 Å². The summed E-state index contributed by atoms with van der Waals surface area (Å²) in [5, 5.41) is 0. The topological polar surface area (TPSA) is 35.2 Å². The molecule has 0 unspecified atom stereocenters. The predicted octanol–water partition coefficient (Wildman–Crippen LogP) is 5.41. The Kier molecular flexibility index (Phi) is 8.17. The van der Waals surface area contributed by atoms with E-state index >= 15 is 0 Å². The molecule has 0 atom stereocenters. The molecular formula is C18H31NO. The molecule has 0 saturated carbocycles. The maximum absolute atomic E-state index is 5.91. The molecule has 1 rings (SSSR count). The van der Waals surface area contributed by atoms with Gasteiger partial charge in [-0.3, -0.25) is 0 Å². The van der Waals surface area contributed by atoms with Crippen LogP contribution < -0.4 is 10.5 Å². The van der Waals surface area contributed by atoms with Gasteiger partial charge in [-0.2, -0.15) is 0 Å². The van der Waals surface area contributed by atoms with Crippen molar-refractivity contribution in [2.75, 3.05) is 12.3 Å². The lowest BCUT2D eigenvalue weighted by Gasteiger charge is -2.13. The van der Waals surface area contributed by atoms with Crippen molar-refractivity contribution < 1.29 is 4.74 Å². The maximum atomic E-state index is 5.91. The molecule has 2 heteroatoms. The molecule has 1 aromatic carbocycles. The van der Waals surface area contributed by atoms with Crippen molar-refractivity contribution in [2.45, 2.75) is 72.1 Å². The average molecular weight is 277 g/mol. The molecule has 1 aromatic rings. The van der Waals surface area contributed by atoms with E-state index in [4.69, 9.17) is 10.5 Å². The van der Waals surface area contributed by atoms with Crippen molar-refractivity contribution in [1.82, 2.24) is 0 Å². The molecule has 0 aliphatic rings. The first-order chi connectivity index (χ1) is 9.65. The number of anilines is 1. The van der Waals surface area contributed by atoms with Crippen molar-refractivity contribution in [3.8, 4) is 5.75 Å². The summed E-state index contributed by atoms with van der Waals surface area (Å²) >= 11 is 0. The van der Waals surface area contributed by atoms with E-state index in [1.165, 1.54) is 44.9 Å². The second-order valence-electron chi connectivity index (χ2n) is 5.81. The van der Waals surface area contributed by atoms with Gasteiger partial charge in [0.05, 0.1) is 6.61 Å². The van der Waals surface area contributed by atoms with Gasteiger partial charge in [0, 0.05) is 5.69 Å². The molecule has 2 nitrogen and oxygen atoms in total. The minimum absolute atomic E-state index is 0.819. The number of nitrogen functional groups attached to an aromatic ring is 1. The molecule has 2 N–H and O–H groups in total. The van der Waals surface area contributed by atoms with Gasteiger partial charge in [-0.05, 0) is 43.5 Å². The highest BCUT2D eigenvalue weighted by molar-refractivity contribution is 5.52. The number of rotatable bonds is 10. The van der Waals surface area contributed by atoms with Gasteiger partial charge < -0.3 is 10.5 Å². The Morgan fingerprint density at radius 1 is 0.850 bits per heavy atom. The summed E-state index contributed by atoms with van der Waals surface area (Å²) in [5.41, 5.74) is 8.92. The standard InChI is InChI=1S/C18H31NO/c1-4-5-6-7-8-9-10-11-12-20-18-15(2)13-17(19)14-16(18)3/h13-14H,4-12,19H2,1-3H3. The number of nitrogens with two attached hydrogens (primary N) is 1. The Bertz CT molecular complexity index is 364. The van der Waals surface area contributed by atoms with Gasteiger partial charge in [-0.1, -0.05) is 51.9 Å². The lowest BCUT2D eigenvalue weighted by Crippen LogP contribution is -2.01. The van der Waals surface area contributed by atoms with Crippen LogP contribution in [0, 0.1) is 13.8 Å². The van der Waals surface area contributed by atoms with Crippen LogP contribution in [0.15, 0.2) is 12.1 Å². The lowest BCUT2D eigenvalue weighted by atomic mass is 10.1. The van der Waals surface area contributed by atoms with E-state index in [0.717, 1.165) is 35.6 Å². The molecule has 0 saturated heterocycles. The number of ether oxygens (including phenoxy) is 1. The molecule has 0 heterocycles. The Hall–Kier alpha value is -1.18. The highest BCUT2D eigenvalue weighted by Crippen LogP contribution is 2.26. The third-order valence-electron chi connectivity index (χ3n) is 3.73. The molecule has 0 spiro atoms. The van der Waals surface area contributed by atoms with Gasteiger partial charge in [0.2, 0.25) is 0 Å². The zero-order valence-electron chi connectivity index (χ0n) is 13.5. The maximum Gasteiger partial charge on any atom is 0.125 e. The fourth-order valence-corrected chi connectivity index (χ4v) is 2.62. The zero-order chi connectivity index (χ0) is 14.8. The number of hydrogen-bond acceptors (Lipinski definition) is 2. The number of hydrogen-bond donors (Lipinski definition) is 1. The molecule has 0 aliphatic carbocycles. The van der Waals surface area contributed by atoms with Crippen molar-refractivity contribution in [3.63, 3.8) is 0 Å². The number of unbranched alkanes of at least 4 members (excludes halogenated alkanes) is 7. The lowest BCUT2D eigenvalue weighted by molar-refractivity contribution is 0.300. The molecule has 20 heavy (non-hydrogen) atoms. The minimum Gasteiger partial charge on any atom is -0.493 e. The normalized spacial score (nSPS) is 10.8. The number of benzene rings is 1. The highest BCUT2D eigenvalue weighted by Gasteiger charge is 2.04. The molecule has 0 amide bonds. The summed E-state index contributed by atoms with van der Waals surface area (Å²) < 4.78 is 5.91. The first kappa shape index (κ1) is 16.9. The largest absolute Gasteiger partial charge is 0.493 e. The second-order valence-corrected chi connectivity index (χ2v) is 5.81. The SMILES string of the molecule is CCCCCCCCCCOc1c(C)cc(N)cc1C.